The van der Waals surface area contributed by atoms with Crippen molar-refractivity contribution in [2.24, 2.45) is 5.92 Å². The van der Waals surface area contributed by atoms with Crippen LogP contribution < -0.4 is 10.6 Å². The topological polar surface area (TPSA) is 41.1 Å². The Hall–Kier alpha value is -0.940. The van der Waals surface area contributed by atoms with Gasteiger partial charge in [0.2, 0.25) is 0 Å². The number of benzene rings is 1. The summed E-state index contributed by atoms with van der Waals surface area (Å²) in [4.78, 5) is 11.8. The summed E-state index contributed by atoms with van der Waals surface area (Å²) in [7, 11) is 0. The van der Waals surface area contributed by atoms with E-state index >= 15 is 0 Å². The van der Waals surface area contributed by atoms with Crippen molar-refractivity contribution in [2.45, 2.75) is 12.8 Å². The van der Waals surface area contributed by atoms with Crippen LogP contribution in [0, 0.1) is 11.7 Å². The van der Waals surface area contributed by atoms with Crippen LogP contribution >= 0.6 is 15.9 Å². The monoisotopic (exact) mass is 314 g/mol. The lowest BCUT2D eigenvalue weighted by Crippen LogP contribution is -2.27. The Bertz CT molecular complexity index is 433. The van der Waals surface area contributed by atoms with Gasteiger partial charge in [0, 0.05) is 11.0 Å². The molecule has 1 aliphatic heterocycles. The fourth-order valence-electron chi connectivity index (χ4n) is 2.12. The number of carbonyl (C=O) groups is 1. The standard InChI is InChI=1S/C13H16BrFN2O/c14-10-1-2-11(12(15)7-10)13(18)17-6-4-9-3-5-16-8-9/h1-2,7,9,16H,3-6,8H2,(H,17,18). The highest BCUT2D eigenvalue weighted by Crippen LogP contribution is 2.15. The number of carbonyl (C=O) groups excluding carboxylic acids is 1. The molecule has 1 amide bonds. The van der Waals surface area contributed by atoms with Crippen LogP contribution in [0.5, 0.6) is 0 Å². The molecular formula is C13H16BrFN2O. The molecule has 5 heteroatoms. The van der Waals surface area contributed by atoms with Crippen molar-refractivity contribution in [3.63, 3.8) is 0 Å². The summed E-state index contributed by atoms with van der Waals surface area (Å²) in [6.45, 7) is 2.67. The first-order chi connectivity index (χ1) is 8.66. The molecule has 0 saturated carbocycles. The molecule has 0 radical (unpaired) electrons. The number of rotatable bonds is 4. The van der Waals surface area contributed by atoms with Gasteiger partial charge in [-0.15, -0.1) is 0 Å². The van der Waals surface area contributed by atoms with Gasteiger partial charge in [0.05, 0.1) is 5.56 Å². The maximum Gasteiger partial charge on any atom is 0.254 e. The molecule has 0 spiro atoms. The maximum absolute atomic E-state index is 13.5. The molecule has 2 rings (SSSR count). The SMILES string of the molecule is O=C(NCCC1CCNC1)c1ccc(Br)cc1F. The first kappa shape index (κ1) is 13.5. The van der Waals surface area contributed by atoms with Gasteiger partial charge in [0.15, 0.2) is 0 Å². The summed E-state index contributed by atoms with van der Waals surface area (Å²) in [6.07, 6.45) is 2.10. The van der Waals surface area contributed by atoms with E-state index in [2.05, 4.69) is 26.6 Å². The van der Waals surface area contributed by atoms with Gasteiger partial charge in [0.1, 0.15) is 5.82 Å². The second-order valence-corrected chi connectivity index (χ2v) is 5.44. The zero-order valence-electron chi connectivity index (χ0n) is 10.0. The number of halogens is 2. The Morgan fingerprint density at radius 2 is 2.39 bits per heavy atom. The van der Waals surface area contributed by atoms with E-state index in [9.17, 15) is 9.18 Å². The first-order valence-corrected chi connectivity index (χ1v) is 6.90. The minimum atomic E-state index is -0.496. The molecule has 0 bridgehead atoms. The normalized spacial score (nSPS) is 18.9. The molecule has 1 saturated heterocycles. The van der Waals surface area contributed by atoms with Gasteiger partial charge in [-0.1, -0.05) is 15.9 Å². The predicted molar refractivity (Wildman–Crippen MR) is 72.0 cm³/mol. The predicted octanol–water partition coefficient (Wildman–Crippen LogP) is 2.32. The molecule has 1 aromatic carbocycles. The highest BCUT2D eigenvalue weighted by molar-refractivity contribution is 9.10. The molecule has 1 heterocycles. The van der Waals surface area contributed by atoms with Crippen molar-refractivity contribution in [3.8, 4) is 0 Å². The fraction of sp³-hybridized carbons (Fsp3) is 0.462. The van der Waals surface area contributed by atoms with Crippen LogP contribution in [0.15, 0.2) is 22.7 Å². The van der Waals surface area contributed by atoms with Crippen LogP contribution in [-0.2, 0) is 0 Å². The summed E-state index contributed by atoms with van der Waals surface area (Å²) in [5.41, 5.74) is 0.0998. The first-order valence-electron chi connectivity index (χ1n) is 6.11. The minimum Gasteiger partial charge on any atom is -0.352 e. The Balaban J connectivity index is 1.83. The summed E-state index contributed by atoms with van der Waals surface area (Å²) >= 11 is 3.16. The van der Waals surface area contributed by atoms with Gasteiger partial charge in [0.25, 0.3) is 5.91 Å². The average molecular weight is 315 g/mol. The molecule has 18 heavy (non-hydrogen) atoms. The number of amides is 1. The molecule has 1 atom stereocenters. The van der Waals surface area contributed by atoms with Gasteiger partial charge in [-0.3, -0.25) is 4.79 Å². The maximum atomic E-state index is 13.5. The molecule has 1 unspecified atom stereocenters. The van der Waals surface area contributed by atoms with Gasteiger partial charge < -0.3 is 10.6 Å². The molecular weight excluding hydrogens is 299 g/mol. The molecule has 0 aliphatic carbocycles. The third kappa shape index (κ3) is 3.53. The van der Waals surface area contributed by atoms with Crippen molar-refractivity contribution in [1.82, 2.24) is 10.6 Å². The van der Waals surface area contributed by atoms with Crippen LogP contribution in [0.2, 0.25) is 0 Å². The Kier molecular flexibility index (Phi) is 4.72. The van der Waals surface area contributed by atoms with E-state index in [-0.39, 0.29) is 11.5 Å². The van der Waals surface area contributed by atoms with Crippen LogP contribution in [0.25, 0.3) is 0 Å². The summed E-state index contributed by atoms with van der Waals surface area (Å²) < 4.78 is 14.2. The van der Waals surface area contributed by atoms with Crippen molar-refractivity contribution in [3.05, 3.63) is 34.1 Å². The lowest BCUT2D eigenvalue weighted by molar-refractivity contribution is 0.0947. The van der Waals surface area contributed by atoms with E-state index < -0.39 is 5.82 Å². The second-order valence-electron chi connectivity index (χ2n) is 4.53. The molecule has 98 valence electrons. The summed E-state index contributed by atoms with van der Waals surface area (Å²) in [5.74, 6) is -0.213. The van der Waals surface area contributed by atoms with Gasteiger partial charge in [-0.25, -0.2) is 4.39 Å². The smallest absolute Gasteiger partial charge is 0.254 e. The van der Waals surface area contributed by atoms with E-state index in [4.69, 9.17) is 0 Å². The van der Waals surface area contributed by atoms with Gasteiger partial charge in [-0.2, -0.15) is 0 Å². The Morgan fingerprint density at radius 1 is 1.56 bits per heavy atom. The summed E-state index contributed by atoms with van der Waals surface area (Å²) in [6, 6.07) is 4.46. The zero-order valence-corrected chi connectivity index (χ0v) is 11.6. The number of hydrogen-bond acceptors (Lipinski definition) is 2. The zero-order chi connectivity index (χ0) is 13.0. The van der Waals surface area contributed by atoms with Crippen molar-refractivity contribution in [2.75, 3.05) is 19.6 Å². The van der Waals surface area contributed by atoms with E-state index in [1.165, 1.54) is 12.1 Å². The molecule has 2 N–H and O–H groups in total. The molecule has 1 fully saturated rings. The van der Waals surface area contributed by atoms with E-state index in [1.54, 1.807) is 6.07 Å². The van der Waals surface area contributed by atoms with E-state index in [1.807, 2.05) is 0 Å². The van der Waals surface area contributed by atoms with Crippen LogP contribution in [0.3, 0.4) is 0 Å². The Morgan fingerprint density at radius 3 is 3.06 bits per heavy atom. The summed E-state index contributed by atoms with van der Waals surface area (Å²) in [5, 5.41) is 6.04. The largest absolute Gasteiger partial charge is 0.352 e. The third-order valence-electron chi connectivity index (χ3n) is 3.18. The van der Waals surface area contributed by atoms with E-state index in [0.29, 0.717) is 16.9 Å². The molecule has 1 aliphatic rings. The third-order valence-corrected chi connectivity index (χ3v) is 3.67. The van der Waals surface area contributed by atoms with E-state index in [0.717, 1.165) is 25.9 Å². The molecule has 0 aromatic heterocycles. The van der Waals surface area contributed by atoms with Crippen LogP contribution in [0.4, 0.5) is 4.39 Å². The quantitative estimate of drug-likeness (QED) is 0.895. The minimum absolute atomic E-state index is 0.0998. The van der Waals surface area contributed by atoms with Gasteiger partial charge >= 0.3 is 0 Å². The van der Waals surface area contributed by atoms with Crippen molar-refractivity contribution in [1.29, 1.82) is 0 Å². The second kappa shape index (κ2) is 6.29. The Labute approximate surface area is 114 Å². The number of nitrogens with one attached hydrogen (secondary N) is 2. The lowest BCUT2D eigenvalue weighted by Gasteiger charge is -2.09. The fourth-order valence-corrected chi connectivity index (χ4v) is 2.45. The average Bonchev–Trinajstić information content (AvgIpc) is 2.81. The van der Waals surface area contributed by atoms with Crippen LogP contribution in [0.1, 0.15) is 23.2 Å². The van der Waals surface area contributed by atoms with Gasteiger partial charge in [-0.05, 0) is 50.0 Å². The van der Waals surface area contributed by atoms with Crippen molar-refractivity contribution < 1.29 is 9.18 Å². The molecule has 1 aromatic rings. The highest BCUT2D eigenvalue weighted by Gasteiger charge is 2.15. The number of hydrogen-bond donors (Lipinski definition) is 2. The molecule has 3 nitrogen and oxygen atoms in total. The lowest BCUT2D eigenvalue weighted by atomic mass is 10.1. The van der Waals surface area contributed by atoms with Crippen LogP contribution in [-0.4, -0.2) is 25.5 Å². The van der Waals surface area contributed by atoms with Crippen molar-refractivity contribution >= 4 is 21.8 Å². The highest BCUT2D eigenvalue weighted by atomic mass is 79.9.